The number of anilines is 1. The van der Waals surface area contributed by atoms with E-state index in [0.29, 0.717) is 6.04 Å². The van der Waals surface area contributed by atoms with Crippen molar-refractivity contribution in [3.8, 4) is 5.75 Å². The highest BCUT2D eigenvalue weighted by molar-refractivity contribution is 5.70. The fourth-order valence-electron chi connectivity index (χ4n) is 4.25. The fraction of sp³-hybridized carbons (Fsp3) is 0.714. The van der Waals surface area contributed by atoms with Crippen LogP contribution in [-0.4, -0.2) is 12.3 Å². The third-order valence-electron chi connectivity index (χ3n) is 5.82. The average Bonchev–Trinajstić information content (AvgIpc) is 3.07. The van der Waals surface area contributed by atoms with Gasteiger partial charge in [-0.1, -0.05) is 47.6 Å². The van der Waals surface area contributed by atoms with Crippen LogP contribution in [0.15, 0.2) is 12.1 Å². The molecule has 1 aromatic rings. The molecule has 0 aromatic heterocycles. The van der Waals surface area contributed by atoms with Crippen LogP contribution >= 0.6 is 0 Å². The van der Waals surface area contributed by atoms with Crippen molar-refractivity contribution in [1.82, 2.24) is 0 Å². The molecule has 23 heavy (non-hydrogen) atoms. The van der Waals surface area contributed by atoms with Gasteiger partial charge < -0.3 is 9.64 Å². The summed E-state index contributed by atoms with van der Waals surface area (Å²) in [6.07, 6.45) is 5.60. The topological polar surface area (TPSA) is 12.5 Å². The quantitative estimate of drug-likeness (QED) is 0.690. The lowest BCUT2D eigenvalue weighted by atomic mass is 9.79. The number of ether oxygens (including phenoxy) is 1. The summed E-state index contributed by atoms with van der Waals surface area (Å²) in [5, 5.41) is 0. The number of fused-ring (bicyclic) bond motifs is 3. The van der Waals surface area contributed by atoms with E-state index in [-0.39, 0.29) is 17.1 Å². The monoisotopic (exact) mass is 313 g/mol. The zero-order valence-electron chi connectivity index (χ0n) is 15.6. The summed E-state index contributed by atoms with van der Waals surface area (Å²) in [6.45, 7) is 13.9. The van der Waals surface area contributed by atoms with E-state index in [9.17, 15) is 0 Å². The van der Waals surface area contributed by atoms with Crippen LogP contribution in [0.1, 0.15) is 78.4 Å². The molecule has 2 fully saturated rings. The van der Waals surface area contributed by atoms with Crippen LogP contribution in [0.3, 0.4) is 0 Å². The van der Waals surface area contributed by atoms with Crippen molar-refractivity contribution in [2.75, 3.05) is 4.90 Å². The fourth-order valence-corrected chi connectivity index (χ4v) is 4.25. The minimum absolute atomic E-state index is 0.111. The van der Waals surface area contributed by atoms with E-state index in [1.165, 1.54) is 48.2 Å². The van der Waals surface area contributed by atoms with Gasteiger partial charge in [-0.25, -0.2) is 0 Å². The Hall–Kier alpha value is -1.18. The third kappa shape index (κ3) is 2.45. The van der Waals surface area contributed by atoms with Crippen molar-refractivity contribution in [2.45, 2.75) is 90.3 Å². The normalized spacial score (nSPS) is 27.0. The Morgan fingerprint density at radius 1 is 0.913 bits per heavy atom. The first-order chi connectivity index (χ1) is 10.7. The van der Waals surface area contributed by atoms with E-state index < -0.39 is 0 Å². The summed E-state index contributed by atoms with van der Waals surface area (Å²) in [5.74, 6) is 2.08. The lowest BCUT2D eigenvalue weighted by molar-refractivity contribution is 0.232. The van der Waals surface area contributed by atoms with Gasteiger partial charge in [-0.05, 0) is 47.6 Å². The van der Waals surface area contributed by atoms with Gasteiger partial charge in [0.05, 0.1) is 5.69 Å². The molecule has 3 aliphatic rings. The van der Waals surface area contributed by atoms with Gasteiger partial charge in [0.25, 0.3) is 0 Å². The Balaban J connectivity index is 1.86. The minimum atomic E-state index is 0.111. The molecule has 4 rings (SSSR count). The van der Waals surface area contributed by atoms with Crippen molar-refractivity contribution in [1.29, 1.82) is 0 Å². The van der Waals surface area contributed by atoms with Crippen molar-refractivity contribution < 1.29 is 4.74 Å². The van der Waals surface area contributed by atoms with Gasteiger partial charge in [-0.3, -0.25) is 0 Å². The second-order valence-electron chi connectivity index (χ2n) is 9.83. The molecule has 0 N–H and O–H groups in total. The van der Waals surface area contributed by atoms with Gasteiger partial charge in [0.1, 0.15) is 5.75 Å². The smallest absolute Gasteiger partial charge is 0.172 e. The summed E-state index contributed by atoms with van der Waals surface area (Å²) in [7, 11) is 0. The molecule has 0 radical (unpaired) electrons. The molecular formula is C21H31NO. The highest BCUT2D eigenvalue weighted by Crippen LogP contribution is 2.54. The van der Waals surface area contributed by atoms with Gasteiger partial charge in [0, 0.05) is 18.0 Å². The van der Waals surface area contributed by atoms with Gasteiger partial charge in [-0.2, -0.15) is 0 Å². The molecule has 2 nitrogen and oxygen atoms in total. The molecule has 0 unspecified atom stereocenters. The third-order valence-corrected chi connectivity index (χ3v) is 5.82. The summed E-state index contributed by atoms with van der Waals surface area (Å²) < 4.78 is 6.49. The molecule has 1 aromatic carbocycles. The SMILES string of the molecule is CC(C)(C)c1cc2c(c(C(C)(C)C)c1)O[C@@H]1CC[C@@H](C3CC3)N21. The maximum atomic E-state index is 6.49. The molecule has 1 aliphatic carbocycles. The molecule has 0 amide bonds. The number of rotatable bonds is 1. The molecular weight excluding hydrogens is 282 g/mol. The zero-order valence-corrected chi connectivity index (χ0v) is 15.6. The Morgan fingerprint density at radius 3 is 2.17 bits per heavy atom. The minimum Gasteiger partial charge on any atom is -0.468 e. The predicted octanol–water partition coefficient (Wildman–Crippen LogP) is 5.38. The second-order valence-corrected chi connectivity index (χ2v) is 9.83. The Bertz CT molecular complexity index is 630. The number of benzene rings is 1. The standard InChI is InChI=1S/C21H31NO/c1-20(2,3)14-11-15(21(4,5)6)19-17(12-14)22-16(13-7-8-13)9-10-18(22)23-19/h11-13,16,18H,7-10H2,1-6H3/t16-,18+/m0/s1. The molecule has 126 valence electrons. The molecule has 2 heterocycles. The van der Waals surface area contributed by atoms with E-state index in [4.69, 9.17) is 4.74 Å². The number of hydrogen-bond donors (Lipinski definition) is 0. The summed E-state index contributed by atoms with van der Waals surface area (Å²) in [5.41, 5.74) is 4.47. The molecule has 1 saturated heterocycles. The summed E-state index contributed by atoms with van der Waals surface area (Å²) in [6, 6.07) is 5.53. The first kappa shape index (κ1) is 15.4. The maximum absolute atomic E-state index is 6.49. The largest absolute Gasteiger partial charge is 0.468 e. The van der Waals surface area contributed by atoms with Gasteiger partial charge >= 0.3 is 0 Å². The van der Waals surface area contributed by atoms with Crippen molar-refractivity contribution in [3.05, 3.63) is 23.3 Å². The van der Waals surface area contributed by atoms with Crippen LogP contribution in [0.25, 0.3) is 0 Å². The lowest BCUT2D eigenvalue weighted by Gasteiger charge is -2.29. The molecule has 1 saturated carbocycles. The lowest BCUT2D eigenvalue weighted by Crippen LogP contribution is -2.36. The van der Waals surface area contributed by atoms with E-state index >= 15 is 0 Å². The Kier molecular flexibility index (Phi) is 3.12. The van der Waals surface area contributed by atoms with Crippen molar-refractivity contribution in [3.63, 3.8) is 0 Å². The molecule has 2 aliphatic heterocycles. The Labute approximate surface area is 141 Å². The van der Waals surface area contributed by atoms with Gasteiger partial charge in [0.2, 0.25) is 0 Å². The maximum Gasteiger partial charge on any atom is 0.172 e. The highest BCUT2D eigenvalue weighted by Gasteiger charge is 2.48. The molecule has 0 spiro atoms. The van der Waals surface area contributed by atoms with E-state index in [1.807, 2.05) is 0 Å². The van der Waals surface area contributed by atoms with Crippen LogP contribution in [0.5, 0.6) is 5.75 Å². The predicted molar refractivity (Wildman–Crippen MR) is 96.5 cm³/mol. The van der Waals surface area contributed by atoms with Crippen molar-refractivity contribution >= 4 is 5.69 Å². The van der Waals surface area contributed by atoms with Crippen molar-refractivity contribution in [2.24, 2.45) is 5.92 Å². The second kappa shape index (κ2) is 4.68. The zero-order chi connectivity index (χ0) is 16.6. The molecule has 2 atom stereocenters. The van der Waals surface area contributed by atoms with E-state index in [2.05, 4.69) is 58.6 Å². The summed E-state index contributed by atoms with van der Waals surface area (Å²) >= 11 is 0. The average molecular weight is 313 g/mol. The van der Waals surface area contributed by atoms with E-state index in [1.54, 1.807) is 0 Å². The van der Waals surface area contributed by atoms with E-state index in [0.717, 1.165) is 5.92 Å². The first-order valence-corrected chi connectivity index (χ1v) is 9.30. The Morgan fingerprint density at radius 2 is 1.61 bits per heavy atom. The van der Waals surface area contributed by atoms with Crippen LogP contribution in [0.4, 0.5) is 5.69 Å². The van der Waals surface area contributed by atoms with Crippen LogP contribution in [-0.2, 0) is 10.8 Å². The van der Waals surface area contributed by atoms with Crippen LogP contribution in [0, 0.1) is 5.92 Å². The van der Waals surface area contributed by atoms with Gasteiger partial charge in [-0.15, -0.1) is 0 Å². The van der Waals surface area contributed by atoms with Gasteiger partial charge in [0.15, 0.2) is 6.23 Å². The first-order valence-electron chi connectivity index (χ1n) is 9.30. The molecule has 0 bridgehead atoms. The van der Waals surface area contributed by atoms with Crippen LogP contribution < -0.4 is 9.64 Å². The summed E-state index contributed by atoms with van der Waals surface area (Å²) in [4.78, 5) is 2.64. The molecule has 2 heteroatoms. The highest BCUT2D eigenvalue weighted by atomic mass is 16.5. The number of hydrogen-bond acceptors (Lipinski definition) is 2. The van der Waals surface area contributed by atoms with Crippen LogP contribution in [0.2, 0.25) is 0 Å². The number of nitrogens with zero attached hydrogens (tertiary/aromatic N) is 1.